The third-order valence-corrected chi connectivity index (χ3v) is 6.90. The van der Waals surface area contributed by atoms with Crippen molar-refractivity contribution in [1.29, 1.82) is 0 Å². The summed E-state index contributed by atoms with van der Waals surface area (Å²) in [5, 5.41) is 4.10. The van der Waals surface area contributed by atoms with Crippen molar-refractivity contribution in [1.82, 2.24) is 16.2 Å². The van der Waals surface area contributed by atoms with Gasteiger partial charge in [-0.05, 0) is 43.2 Å². The van der Waals surface area contributed by atoms with Gasteiger partial charge in [-0.25, -0.2) is 0 Å². The molecule has 0 aliphatic carbocycles. The number of hydrazine groups is 1. The number of thioether (sulfide) groups is 1. The zero-order chi connectivity index (χ0) is 29.9. The number of carbonyl (C=O) groups is 2. The molecule has 0 aliphatic heterocycles. The van der Waals surface area contributed by atoms with E-state index in [0.29, 0.717) is 11.6 Å². The molecule has 3 N–H and O–H groups in total. The summed E-state index contributed by atoms with van der Waals surface area (Å²) < 4.78 is 0. The van der Waals surface area contributed by atoms with Crippen molar-refractivity contribution < 1.29 is 9.59 Å². The Morgan fingerprint density at radius 3 is 2.22 bits per heavy atom. The minimum Gasteiger partial charge on any atom is -0.370 e. The summed E-state index contributed by atoms with van der Waals surface area (Å²) in [5.74, 6) is 0.256. The van der Waals surface area contributed by atoms with Crippen LogP contribution < -0.4 is 16.2 Å². The van der Waals surface area contributed by atoms with E-state index in [1.165, 1.54) is 0 Å². The number of nitrogens with one attached hydrogen (secondary N) is 3. The lowest BCUT2D eigenvalue weighted by Crippen LogP contribution is -2.42. The van der Waals surface area contributed by atoms with E-state index in [9.17, 15) is 9.59 Å². The number of amidine groups is 1. The van der Waals surface area contributed by atoms with Crippen molar-refractivity contribution >= 4 is 41.0 Å². The summed E-state index contributed by atoms with van der Waals surface area (Å²) >= 11 is 7.61. The van der Waals surface area contributed by atoms with Crippen LogP contribution in [0.5, 0.6) is 0 Å². The van der Waals surface area contributed by atoms with Crippen LogP contribution in [0.4, 0.5) is 0 Å². The first-order valence-electron chi connectivity index (χ1n) is 13.7. The van der Waals surface area contributed by atoms with Gasteiger partial charge in [0.25, 0.3) is 0 Å². The number of halogens is 1. The van der Waals surface area contributed by atoms with Gasteiger partial charge in [0.1, 0.15) is 5.84 Å². The summed E-state index contributed by atoms with van der Waals surface area (Å²) in [6.07, 6.45) is 6.02. The number of benzene rings is 3. The molecule has 3 rings (SSSR count). The molecule has 3 aromatic rings. The van der Waals surface area contributed by atoms with E-state index in [-0.39, 0.29) is 24.7 Å². The van der Waals surface area contributed by atoms with Crippen molar-refractivity contribution in [2.45, 2.75) is 52.0 Å². The van der Waals surface area contributed by atoms with Crippen molar-refractivity contribution in [3.05, 3.63) is 124 Å². The van der Waals surface area contributed by atoms with Crippen LogP contribution in [0.1, 0.15) is 50.8 Å². The summed E-state index contributed by atoms with van der Waals surface area (Å²) in [4.78, 5) is 31.1. The first-order chi connectivity index (χ1) is 20.0. The Hall–Kier alpha value is -3.81. The second-order valence-electron chi connectivity index (χ2n) is 8.48. The molecule has 0 radical (unpaired) electrons. The highest BCUT2D eigenvalue weighted by Crippen LogP contribution is 2.31. The van der Waals surface area contributed by atoms with E-state index < -0.39 is 0 Å². The van der Waals surface area contributed by atoms with Gasteiger partial charge in [-0.1, -0.05) is 116 Å². The average Bonchev–Trinajstić information content (AvgIpc) is 3.00. The van der Waals surface area contributed by atoms with Crippen molar-refractivity contribution in [3.63, 3.8) is 0 Å². The van der Waals surface area contributed by atoms with Gasteiger partial charge in [0, 0.05) is 33.4 Å². The Labute approximate surface area is 253 Å². The number of aliphatic imine (C=N–C) groups is 1. The molecule has 0 bridgehead atoms. The molecule has 3 aromatic carbocycles. The molecule has 0 unspecified atom stereocenters. The molecule has 0 saturated carbocycles. The maximum atomic E-state index is 12.2. The van der Waals surface area contributed by atoms with Crippen LogP contribution >= 0.6 is 23.4 Å². The molecular formula is C33H39ClN4O2S. The molecular weight excluding hydrogens is 552 g/mol. The predicted octanol–water partition coefficient (Wildman–Crippen LogP) is 7.25. The fraction of sp³-hybridized carbons (Fsp3) is 0.242. The maximum Gasteiger partial charge on any atom is 0.242 e. The fourth-order valence-corrected chi connectivity index (χ4v) is 4.61. The van der Waals surface area contributed by atoms with E-state index in [1.54, 1.807) is 17.8 Å². The van der Waals surface area contributed by atoms with Crippen LogP contribution in [-0.2, 0) is 22.6 Å². The van der Waals surface area contributed by atoms with Gasteiger partial charge in [0.15, 0.2) is 0 Å². The van der Waals surface area contributed by atoms with E-state index in [1.807, 2.05) is 113 Å². The van der Waals surface area contributed by atoms with E-state index >= 15 is 0 Å². The SMILES string of the molecule is C/C=C(\C=C/CC(=O)NNC(=O)Cc1ccccc1)Sc1ccccc1C(=NCc1ccc(Cl)cc1)NCC.CC. The molecule has 0 heterocycles. The third-order valence-electron chi connectivity index (χ3n) is 5.47. The Balaban J connectivity index is 0.00000287. The number of allylic oxidation sites excluding steroid dienone is 2. The highest BCUT2D eigenvalue weighted by Gasteiger charge is 2.11. The monoisotopic (exact) mass is 590 g/mol. The van der Waals surface area contributed by atoms with Gasteiger partial charge in [0.2, 0.25) is 11.8 Å². The molecule has 0 atom stereocenters. The Bertz CT molecular complexity index is 1320. The topological polar surface area (TPSA) is 82.6 Å². The van der Waals surface area contributed by atoms with E-state index in [2.05, 4.69) is 22.2 Å². The van der Waals surface area contributed by atoms with Crippen LogP contribution in [-0.4, -0.2) is 24.2 Å². The zero-order valence-corrected chi connectivity index (χ0v) is 25.7. The molecule has 2 amide bonds. The van der Waals surface area contributed by atoms with Crippen LogP contribution in [0.2, 0.25) is 5.02 Å². The number of nitrogens with zero attached hydrogens (tertiary/aromatic N) is 1. The summed E-state index contributed by atoms with van der Waals surface area (Å²) in [5.41, 5.74) is 7.89. The number of amides is 2. The Morgan fingerprint density at radius 1 is 0.878 bits per heavy atom. The normalized spacial score (nSPS) is 11.4. The minimum atomic E-state index is -0.294. The van der Waals surface area contributed by atoms with Gasteiger partial charge in [0.05, 0.1) is 13.0 Å². The predicted molar refractivity (Wildman–Crippen MR) is 173 cm³/mol. The standard InChI is InChI=1S/C31H33ClN4O2S.C2H6/c1-3-26(13-10-16-29(37)35-36-30(38)21-23-11-6-5-7-12-23)39-28-15-9-8-14-27(28)31(33-4-2)34-22-24-17-19-25(32)20-18-24;1-2/h3,5-15,17-20H,4,16,21-22H2,1-2H3,(H,33,34)(H,35,37)(H,36,38);1-2H3/b13-10-,26-3+;. The van der Waals surface area contributed by atoms with Gasteiger partial charge < -0.3 is 5.32 Å². The number of hydrogen-bond donors (Lipinski definition) is 3. The molecule has 0 fully saturated rings. The number of rotatable bonds is 11. The van der Waals surface area contributed by atoms with Gasteiger partial charge in [-0.3, -0.25) is 25.4 Å². The highest BCUT2D eigenvalue weighted by atomic mass is 35.5. The maximum absolute atomic E-state index is 12.2. The summed E-state index contributed by atoms with van der Waals surface area (Å²) in [6.45, 7) is 9.28. The third kappa shape index (κ3) is 12.5. The molecule has 6 nitrogen and oxygen atoms in total. The Kier molecular flexibility index (Phi) is 15.7. The average molecular weight is 591 g/mol. The van der Waals surface area contributed by atoms with Crippen LogP contribution in [0.15, 0.2) is 112 Å². The quantitative estimate of drug-likeness (QED) is 0.0722. The number of carbonyl (C=O) groups excluding carboxylic acids is 2. The molecule has 0 saturated heterocycles. The first-order valence-corrected chi connectivity index (χ1v) is 14.9. The van der Waals surface area contributed by atoms with Crippen LogP contribution in [0.25, 0.3) is 0 Å². The smallest absolute Gasteiger partial charge is 0.242 e. The second-order valence-corrected chi connectivity index (χ2v) is 10.0. The first kappa shape index (κ1) is 33.4. The molecule has 41 heavy (non-hydrogen) atoms. The molecule has 216 valence electrons. The molecule has 0 aliphatic rings. The minimum absolute atomic E-state index is 0.135. The summed E-state index contributed by atoms with van der Waals surface area (Å²) in [7, 11) is 0. The van der Waals surface area contributed by atoms with Crippen LogP contribution in [0, 0.1) is 0 Å². The lowest BCUT2D eigenvalue weighted by molar-refractivity contribution is -0.128. The van der Waals surface area contributed by atoms with Gasteiger partial charge in [-0.15, -0.1) is 0 Å². The second kappa shape index (κ2) is 19.3. The van der Waals surface area contributed by atoms with Crippen molar-refractivity contribution in [2.24, 2.45) is 4.99 Å². The lowest BCUT2D eigenvalue weighted by Gasteiger charge is -2.14. The largest absolute Gasteiger partial charge is 0.370 e. The van der Waals surface area contributed by atoms with Crippen LogP contribution in [0.3, 0.4) is 0 Å². The highest BCUT2D eigenvalue weighted by molar-refractivity contribution is 8.03. The van der Waals surface area contributed by atoms with E-state index in [0.717, 1.165) is 38.9 Å². The van der Waals surface area contributed by atoms with E-state index in [4.69, 9.17) is 16.6 Å². The number of hydrogen-bond acceptors (Lipinski definition) is 4. The fourth-order valence-electron chi connectivity index (χ4n) is 3.53. The van der Waals surface area contributed by atoms with Gasteiger partial charge in [-0.2, -0.15) is 0 Å². The molecule has 0 spiro atoms. The Morgan fingerprint density at radius 2 is 1.54 bits per heavy atom. The zero-order valence-electron chi connectivity index (χ0n) is 24.1. The van der Waals surface area contributed by atoms with Gasteiger partial charge >= 0.3 is 0 Å². The van der Waals surface area contributed by atoms with Crippen molar-refractivity contribution in [2.75, 3.05) is 6.54 Å². The molecule has 8 heteroatoms. The van der Waals surface area contributed by atoms with Crippen molar-refractivity contribution in [3.8, 4) is 0 Å². The summed E-state index contributed by atoms with van der Waals surface area (Å²) in [6, 6.07) is 25.2. The lowest BCUT2D eigenvalue weighted by atomic mass is 10.1. The molecule has 0 aromatic heterocycles.